The summed E-state index contributed by atoms with van der Waals surface area (Å²) in [5.74, 6) is -1.84. The molecule has 3 heterocycles. The van der Waals surface area contributed by atoms with Gasteiger partial charge in [0, 0.05) is 60.3 Å². The molecule has 7 heteroatoms. The number of fused-ring (bicyclic) bond motifs is 2. The fourth-order valence-corrected chi connectivity index (χ4v) is 5.57. The first kappa shape index (κ1) is 22.3. The van der Waals surface area contributed by atoms with Gasteiger partial charge < -0.3 is 24.3 Å². The average Bonchev–Trinajstić information content (AvgIpc) is 3.61. The summed E-state index contributed by atoms with van der Waals surface area (Å²) >= 11 is 0. The van der Waals surface area contributed by atoms with Crippen molar-refractivity contribution in [3.8, 4) is 22.5 Å². The highest BCUT2D eigenvalue weighted by Crippen LogP contribution is 2.42. The predicted octanol–water partition coefficient (Wildman–Crippen LogP) is 3.43. The van der Waals surface area contributed by atoms with Gasteiger partial charge in [-0.15, -0.1) is 0 Å². The number of carboxylic acid groups (broad SMARTS) is 2. The number of anilines is 1. The lowest BCUT2D eigenvalue weighted by atomic mass is 9.89. The lowest BCUT2D eigenvalue weighted by Gasteiger charge is -2.21. The van der Waals surface area contributed by atoms with Gasteiger partial charge in [-0.05, 0) is 54.3 Å². The van der Waals surface area contributed by atoms with Gasteiger partial charge in [0.05, 0.1) is 17.6 Å². The Morgan fingerprint density at radius 3 is 2.39 bits per heavy atom. The number of nitrogens with zero attached hydrogens (tertiary/aromatic N) is 2. The molecule has 0 unspecified atom stereocenters. The zero-order valence-corrected chi connectivity index (χ0v) is 19.8. The second-order valence-corrected chi connectivity index (χ2v) is 9.58. The summed E-state index contributed by atoms with van der Waals surface area (Å²) < 4.78 is 8.78. The lowest BCUT2D eigenvalue weighted by Crippen LogP contribution is -2.26. The van der Waals surface area contributed by atoms with Crippen molar-refractivity contribution < 1.29 is 24.2 Å². The molecule has 0 saturated carbocycles. The third-order valence-corrected chi connectivity index (χ3v) is 7.39. The van der Waals surface area contributed by atoms with E-state index in [1.807, 2.05) is 36.4 Å². The molecule has 2 aromatic carbocycles. The van der Waals surface area contributed by atoms with Gasteiger partial charge >= 0.3 is 5.97 Å². The minimum Gasteiger partial charge on any atom is -0.545 e. The van der Waals surface area contributed by atoms with Crippen molar-refractivity contribution in [1.29, 1.82) is 0 Å². The molecule has 0 amide bonds. The van der Waals surface area contributed by atoms with Crippen LogP contribution in [0.4, 0.5) is 5.69 Å². The molecule has 2 saturated heterocycles. The minimum absolute atomic E-state index is 0.0287. The van der Waals surface area contributed by atoms with Crippen molar-refractivity contribution in [3.05, 3.63) is 71.1 Å². The molecule has 2 aromatic rings. The highest BCUT2D eigenvalue weighted by Gasteiger charge is 2.24. The molecule has 0 aromatic heterocycles. The van der Waals surface area contributed by atoms with E-state index in [-0.39, 0.29) is 11.1 Å². The fraction of sp³-hybridized carbons (Fsp3) is 0.276. The maximum absolute atomic E-state index is 12.2. The maximum Gasteiger partial charge on any atom is 0.336 e. The second-order valence-electron chi connectivity index (χ2n) is 9.58. The van der Waals surface area contributed by atoms with E-state index in [1.165, 1.54) is 18.2 Å². The van der Waals surface area contributed by atoms with E-state index < -0.39 is 11.9 Å². The van der Waals surface area contributed by atoms with Gasteiger partial charge in [-0.1, -0.05) is 6.07 Å². The predicted molar refractivity (Wildman–Crippen MR) is 135 cm³/mol. The van der Waals surface area contributed by atoms with Crippen LogP contribution in [-0.2, 0) is 0 Å². The van der Waals surface area contributed by atoms with E-state index in [4.69, 9.17) is 4.42 Å². The van der Waals surface area contributed by atoms with Crippen molar-refractivity contribution in [2.75, 3.05) is 31.1 Å². The summed E-state index contributed by atoms with van der Waals surface area (Å²) in [4.78, 5) is 26.2. The SMILES string of the molecule is O=C([O-])c1ccc(C(=O)O)c(-c2c3ccc(=[N+]4CCCC4)cc-3oc3cc(N4CCCC4)ccc23)c1. The molecular weight excluding hydrogens is 456 g/mol. The van der Waals surface area contributed by atoms with Gasteiger partial charge in [0.2, 0.25) is 5.36 Å². The summed E-state index contributed by atoms with van der Waals surface area (Å²) in [5, 5.41) is 23.5. The molecule has 36 heavy (non-hydrogen) atoms. The Labute approximate surface area is 207 Å². The van der Waals surface area contributed by atoms with Crippen molar-refractivity contribution in [2.24, 2.45) is 0 Å². The molecule has 4 aliphatic rings. The number of benzene rings is 3. The number of aromatic carboxylic acids is 2. The van der Waals surface area contributed by atoms with Crippen LogP contribution in [0.25, 0.3) is 33.4 Å². The fourth-order valence-electron chi connectivity index (χ4n) is 5.57. The van der Waals surface area contributed by atoms with Crippen LogP contribution in [0.15, 0.2) is 59.0 Å². The first-order chi connectivity index (χ1) is 17.5. The minimum atomic E-state index is -1.35. The van der Waals surface area contributed by atoms with Crippen molar-refractivity contribution >= 4 is 28.6 Å². The molecule has 182 valence electrons. The summed E-state index contributed by atoms with van der Waals surface area (Å²) in [6.45, 7) is 3.95. The van der Waals surface area contributed by atoms with Crippen LogP contribution in [0.1, 0.15) is 46.4 Å². The van der Waals surface area contributed by atoms with Gasteiger partial charge in [-0.25, -0.2) is 9.37 Å². The van der Waals surface area contributed by atoms with Crippen LogP contribution in [0.5, 0.6) is 0 Å². The Balaban J connectivity index is 1.69. The smallest absolute Gasteiger partial charge is 0.336 e. The summed E-state index contributed by atoms with van der Waals surface area (Å²) in [5.41, 5.74) is 3.37. The monoisotopic (exact) mass is 482 g/mol. The molecular formula is C29H26N2O5. The van der Waals surface area contributed by atoms with Crippen LogP contribution >= 0.6 is 0 Å². The Morgan fingerprint density at radius 1 is 0.889 bits per heavy atom. The average molecular weight is 483 g/mol. The van der Waals surface area contributed by atoms with Crippen molar-refractivity contribution in [1.82, 2.24) is 4.58 Å². The van der Waals surface area contributed by atoms with Gasteiger partial charge in [0.15, 0.2) is 0 Å². The van der Waals surface area contributed by atoms with Gasteiger partial charge in [-0.2, -0.15) is 0 Å². The quantitative estimate of drug-likeness (QED) is 0.354. The number of carbonyl (C=O) groups is 2. The topological polar surface area (TPSA) is 96.8 Å². The maximum atomic E-state index is 12.2. The highest BCUT2D eigenvalue weighted by molar-refractivity contribution is 6.09. The number of carbonyl (C=O) groups excluding carboxylic acids is 1. The van der Waals surface area contributed by atoms with Crippen molar-refractivity contribution in [3.63, 3.8) is 0 Å². The molecule has 2 fully saturated rings. The van der Waals surface area contributed by atoms with Gasteiger partial charge in [-0.3, -0.25) is 0 Å². The molecule has 0 spiro atoms. The van der Waals surface area contributed by atoms with Crippen LogP contribution in [-0.4, -0.2) is 43.2 Å². The second kappa shape index (κ2) is 8.82. The van der Waals surface area contributed by atoms with Crippen LogP contribution < -0.4 is 19.9 Å². The summed E-state index contributed by atoms with van der Waals surface area (Å²) in [6.07, 6.45) is 4.59. The number of hydrogen-bond acceptors (Lipinski definition) is 5. The summed E-state index contributed by atoms with van der Waals surface area (Å²) in [6, 6.07) is 16.0. The standard InChI is InChI=1S/C29H26N2O5/c32-28(33)18-5-8-21(29(34)35)24(15-18)27-22-9-6-19(30-11-1-2-12-30)16-25(22)36-26-17-20(7-10-23(26)27)31-13-3-4-14-31/h5-10,15-17H,1-4,11-14H2,(H-,32,33,34,35). The van der Waals surface area contributed by atoms with Crippen LogP contribution in [0.2, 0.25) is 0 Å². The van der Waals surface area contributed by atoms with E-state index in [1.54, 1.807) is 0 Å². The third kappa shape index (κ3) is 3.81. The Bertz CT molecular complexity index is 1550. The van der Waals surface area contributed by atoms with Crippen LogP contribution in [0.3, 0.4) is 0 Å². The molecule has 1 N–H and O–H groups in total. The van der Waals surface area contributed by atoms with E-state index in [0.29, 0.717) is 22.5 Å². The normalized spacial score (nSPS) is 15.8. The zero-order valence-electron chi connectivity index (χ0n) is 19.8. The van der Waals surface area contributed by atoms with Gasteiger partial charge in [0.1, 0.15) is 24.4 Å². The molecule has 0 bridgehead atoms. The van der Waals surface area contributed by atoms with Crippen molar-refractivity contribution in [2.45, 2.75) is 25.7 Å². The van der Waals surface area contributed by atoms with E-state index in [2.05, 4.69) is 9.48 Å². The molecule has 1 aliphatic carbocycles. The Hall–Kier alpha value is -4.13. The van der Waals surface area contributed by atoms with E-state index >= 15 is 0 Å². The Kier molecular flexibility index (Phi) is 5.48. The first-order valence-electron chi connectivity index (χ1n) is 12.4. The zero-order chi connectivity index (χ0) is 24.8. The van der Waals surface area contributed by atoms with E-state index in [9.17, 15) is 19.8 Å². The highest BCUT2D eigenvalue weighted by atomic mass is 16.4. The molecule has 7 nitrogen and oxygen atoms in total. The first-order valence-corrected chi connectivity index (χ1v) is 12.4. The lowest BCUT2D eigenvalue weighted by molar-refractivity contribution is -0.255. The largest absolute Gasteiger partial charge is 0.545 e. The molecule has 0 atom stereocenters. The summed E-state index contributed by atoms with van der Waals surface area (Å²) in [7, 11) is 0. The Morgan fingerprint density at radius 2 is 1.67 bits per heavy atom. The van der Waals surface area contributed by atoms with Gasteiger partial charge in [0.25, 0.3) is 0 Å². The number of rotatable bonds is 4. The number of carboxylic acids is 2. The van der Waals surface area contributed by atoms with E-state index in [0.717, 1.165) is 73.9 Å². The van der Waals surface area contributed by atoms with Crippen LogP contribution in [0, 0.1) is 0 Å². The molecule has 0 radical (unpaired) electrons. The number of hydrogen-bond donors (Lipinski definition) is 1. The molecule has 3 aliphatic heterocycles. The molecule has 6 rings (SSSR count). The third-order valence-electron chi connectivity index (χ3n) is 7.39.